The fourth-order valence-corrected chi connectivity index (χ4v) is 4.57. The molecule has 0 aromatic heterocycles. The van der Waals surface area contributed by atoms with Gasteiger partial charge in [0.25, 0.3) is 0 Å². The minimum Gasteiger partial charge on any atom is -0.378 e. The summed E-state index contributed by atoms with van der Waals surface area (Å²) in [5.74, 6) is 0.697. The highest BCUT2D eigenvalue weighted by Gasteiger charge is 2.31. The Morgan fingerprint density at radius 1 is 1.15 bits per heavy atom. The predicted molar refractivity (Wildman–Crippen MR) is 103 cm³/mol. The first-order chi connectivity index (χ1) is 12.5. The molecule has 0 radical (unpaired) electrons. The number of thioether (sulfide) groups is 1. The van der Waals surface area contributed by atoms with Gasteiger partial charge >= 0.3 is 0 Å². The summed E-state index contributed by atoms with van der Waals surface area (Å²) in [5, 5.41) is 0. The van der Waals surface area contributed by atoms with Gasteiger partial charge in [0.1, 0.15) is 0 Å². The van der Waals surface area contributed by atoms with Crippen LogP contribution >= 0.6 is 11.8 Å². The lowest BCUT2D eigenvalue weighted by Gasteiger charge is -2.36. The highest BCUT2D eigenvalue weighted by Crippen LogP contribution is 2.25. The van der Waals surface area contributed by atoms with Gasteiger partial charge in [-0.1, -0.05) is 17.7 Å². The molecule has 142 valence electrons. The second-order valence-electron chi connectivity index (χ2n) is 7.17. The van der Waals surface area contributed by atoms with Crippen molar-refractivity contribution in [2.45, 2.75) is 31.6 Å². The van der Waals surface area contributed by atoms with E-state index in [-0.39, 0.29) is 17.7 Å². The maximum absolute atomic E-state index is 12.7. The summed E-state index contributed by atoms with van der Waals surface area (Å²) in [5.41, 5.74) is 2.41. The first-order valence-electron chi connectivity index (χ1n) is 9.39. The third-order valence-electron chi connectivity index (χ3n) is 5.14. The quantitative estimate of drug-likeness (QED) is 0.758. The molecule has 1 aromatic carbocycles. The summed E-state index contributed by atoms with van der Waals surface area (Å²) in [6.45, 7) is 8.04. The van der Waals surface area contributed by atoms with E-state index in [0.29, 0.717) is 38.6 Å². The van der Waals surface area contributed by atoms with Crippen molar-refractivity contribution in [1.29, 1.82) is 0 Å². The molecule has 0 aliphatic carbocycles. The van der Waals surface area contributed by atoms with Crippen LogP contribution in [0.2, 0.25) is 0 Å². The number of carbonyl (C=O) groups excluding carboxylic acids is 2. The van der Waals surface area contributed by atoms with Crippen LogP contribution in [0.4, 0.5) is 0 Å². The number of ether oxygens (including phenoxy) is 1. The number of morpholine rings is 1. The van der Waals surface area contributed by atoms with Crippen LogP contribution in [-0.2, 0) is 14.3 Å². The van der Waals surface area contributed by atoms with Gasteiger partial charge in [-0.3, -0.25) is 9.59 Å². The zero-order valence-corrected chi connectivity index (χ0v) is 16.5. The van der Waals surface area contributed by atoms with Crippen molar-refractivity contribution in [1.82, 2.24) is 9.80 Å². The van der Waals surface area contributed by atoms with Crippen molar-refractivity contribution in [3.8, 4) is 0 Å². The first-order valence-corrected chi connectivity index (χ1v) is 10.4. The Hall–Kier alpha value is -1.53. The molecule has 2 amide bonds. The molecular formula is C20H28N2O3S. The van der Waals surface area contributed by atoms with Crippen LogP contribution in [0.15, 0.2) is 23.1 Å². The Labute approximate surface area is 160 Å². The van der Waals surface area contributed by atoms with E-state index in [2.05, 4.69) is 32.0 Å². The number of nitrogens with zero attached hydrogens (tertiary/aromatic N) is 2. The smallest absolute Gasteiger partial charge is 0.232 e. The molecule has 1 unspecified atom stereocenters. The Morgan fingerprint density at radius 2 is 1.92 bits per heavy atom. The van der Waals surface area contributed by atoms with Crippen LogP contribution in [0.1, 0.15) is 24.0 Å². The number of hydrogen-bond donors (Lipinski definition) is 0. The van der Waals surface area contributed by atoms with Gasteiger partial charge in [-0.2, -0.15) is 0 Å². The van der Waals surface area contributed by atoms with Crippen molar-refractivity contribution in [2.24, 2.45) is 5.92 Å². The topological polar surface area (TPSA) is 49.9 Å². The molecule has 2 aliphatic heterocycles. The second kappa shape index (κ2) is 8.91. The standard InChI is InChI=1S/C20H28N2O3S/c1-15-5-6-16(2)18(12-15)26-14-19(23)22-7-3-4-17(13-22)20(24)21-8-10-25-11-9-21/h5-6,12,17H,3-4,7-11,13-14H2,1-2H3. The molecule has 0 saturated carbocycles. The van der Waals surface area contributed by atoms with E-state index < -0.39 is 0 Å². The third kappa shape index (κ3) is 4.80. The minimum atomic E-state index is -0.0588. The molecule has 2 aliphatic rings. The fraction of sp³-hybridized carbons (Fsp3) is 0.600. The summed E-state index contributed by atoms with van der Waals surface area (Å²) in [4.78, 5) is 30.3. The zero-order valence-electron chi connectivity index (χ0n) is 15.7. The van der Waals surface area contributed by atoms with E-state index in [1.54, 1.807) is 11.8 Å². The number of hydrogen-bond acceptors (Lipinski definition) is 4. The normalized spacial score (nSPS) is 20.9. The number of aryl methyl sites for hydroxylation is 2. The molecule has 0 spiro atoms. The lowest BCUT2D eigenvalue weighted by atomic mass is 9.96. The lowest BCUT2D eigenvalue weighted by molar-refractivity contribution is -0.143. The van der Waals surface area contributed by atoms with E-state index >= 15 is 0 Å². The van der Waals surface area contributed by atoms with E-state index in [9.17, 15) is 9.59 Å². The SMILES string of the molecule is Cc1ccc(C)c(SCC(=O)N2CCCC(C(=O)N3CCOCC3)C2)c1. The molecule has 2 saturated heterocycles. The number of amides is 2. The van der Waals surface area contributed by atoms with Crippen LogP contribution in [-0.4, -0.2) is 66.8 Å². The summed E-state index contributed by atoms with van der Waals surface area (Å²) in [6, 6.07) is 6.32. The lowest BCUT2D eigenvalue weighted by Crippen LogP contribution is -2.49. The maximum atomic E-state index is 12.7. The second-order valence-corrected chi connectivity index (χ2v) is 8.19. The molecule has 26 heavy (non-hydrogen) atoms. The Morgan fingerprint density at radius 3 is 2.69 bits per heavy atom. The molecular weight excluding hydrogens is 348 g/mol. The van der Waals surface area contributed by atoms with E-state index in [1.165, 1.54) is 11.1 Å². The Kier molecular flexibility index (Phi) is 6.59. The van der Waals surface area contributed by atoms with Crippen LogP contribution in [0, 0.1) is 19.8 Å². The first kappa shape index (κ1) is 19.2. The summed E-state index contributed by atoms with van der Waals surface area (Å²) in [7, 11) is 0. The minimum absolute atomic E-state index is 0.0588. The van der Waals surface area contributed by atoms with E-state index in [4.69, 9.17) is 4.74 Å². The van der Waals surface area contributed by atoms with Gasteiger partial charge in [-0.15, -0.1) is 11.8 Å². The van der Waals surface area contributed by atoms with Crippen molar-refractivity contribution in [2.75, 3.05) is 45.1 Å². The highest BCUT2D eigenvalue weighted by molar-refractivity contribution is 8.00. The van der Waals surface area contributed by atoms with Crippen molar-refractivity contribution in [3.05, 3.63) is 29.3 Å². The Balaban J connectivity index is 1.54. The molecule has 2 fully saturated rings. The van der Waals surface area contributed by atoms with Gasteiger partial charge in [-0.05, 0) is 38.3 Å². The maximum Gasteiger partial charge on any atom is 0.232 e. The fourth-order valence-electron chi connectivity index (χ4n) is 3.54. The van der Waals surface area contributed by atoms with Gasteiger partial charge in [-0.25, -0.2) is 0 Å². The summed E-state index contributed by atoms with van der Waals surface area (Å²) >= 11 is 1.60. The monoisotopic (exact) mass is 376 g/mol. The van der Waals surface area contributed by atoms with Crippen molar-refractivity contribution in [3.63, 3.8) is 0 Å². The molecule has 6 heteroatoms. The van der Waals surface area contributed by atoms with Crippen LogP contribution in [0.25, 0.3) is 0 Å². The molecule has 0 bridgehead atoms. The molecule has 1 atom stereocenters. The number of piperidine rings is 1. The van der Waals surface area contributed by atoms with Crippen molar-refractivity contribution < 1.29 is 14.3 Å². The van der Waals surface area contributed by atoms with Gasteiger partial charge in [0.15, 0.2) is 0 Å². The number of rotatable bonds is 4. The van der Waals surface area contributed by atoms with Crippen LogP contribution < -0.4 is 0 Å². The summed E-state index contributed by atoms with van der Waals surface area (Å²) < 4.78 is 5.33. The molecule has 3 rings (SSSR count). The molecule has 5 nitrogen and oxygen atoms in total. The molecule has 2 heterocycles. The Bertz CT molecular complexity index is 658. The van der Waals surface area contributed by atoms with Crippen LogP contribution in [0.3, 0.4) is 0 Å². The largest absolute Gasteiger partial charge is 0.378 e. The predicted octanol–water partition coefficient (Wildman–Crippen LogP) is 2.49. The third-order valence-corrected chi connectivity index (χ3v) is 6.28. The zero-order chi connectivity index (χ0) is 18.5. The van der Waals surface area contributed by atoms with Gasteiger partial charge in [0.05, 0.1) is 24.9 Å². The number of benzene rings is 1. The number of carbonyl (C=O) groups is 2. The average Bonchev–Trinajstić information content (AvgIpc) is 2.68. The highest BCUT2D eigenvalue weighted by atomic mass is 32.2. The van der Waals surface area contributed by atoms with Crippen LogP contribution in [0.5, 0.6) is 0 Å². The van der Waals surface area contributed by atoms with E-state index in [0.717, 1.165) is 24.3 Å². The van der Waals surface area contributed by atoms with Gasteiger partial charge in [0.2, 0.25) is 11.8 Å². The van der Waals surface area contributed by atoms with Crippen molar-refractivity contribution >= 4 is 23.6 Å². The molecule has 1 aromatic rings. The summed E-state index contributed by atoms with van der Waals surface area (Å²) in [6.07, 6.45) is 1.78. The average molecular weight is 377 g/mol. The molecule has 0 N–H and O–H groups in total. The van der Waals surface area contributed by atoms with Gasteiger partial charge < -0.3 is 14.5 Å². The van der Waals surface area contributed by atoms with E-state index in [1.807, 2.05) is 9.80 Å². The van der Waals surface area contributed by atoms with Gasteiger partial charge in [0, 0.05) is 31.1 Å². The number of likely N-dealkylation sites (tertiary alicyclic amines) is 1.